The summed E-state index contributed by atoms with van der Waals surface area (Å²) in [4.78, 5) is 13.9. The molecule has 0 aromatic carbocycles. The second-order valence-corrected chi connectivity index (χ2v) is 5.38. The first-order chi connectivity index (χ1) is 8.98. The Balaban J connectivity index is 2.42. The molecule has 1 aliphatic carbocycles. The SMILES string of the molecule is CCN(CC)C(=O)C(C)NCC1(CC(N)=NO)CC1. The Bertz CT molecular complexity index is 336. The summed E-state index contributed by atoms with van der Waals surface area (Å²) in [7, 11) is 0. The number of amidine groups is 1. The largest absolute Gasteiger partial charge is 0.409 e. The molecule has 0 aliphatic heterocycles. The molecule has 1 unspecified atom stereocenters. The van der Waals surface area contributed by atoms with Crippen LogP contribution in [-0.2, 0) is 4.79 Å². The zero-order valence-electron chi connectivity index (χ0n) is 12.1. The van der Waals surface area contributed by atoms with E-state index in [0.717, 1.165) is 32.5 Å². The number of carbonyl (C=O) groups is 1. The van der Waals surface area contributed by atoms with Crippen molar-refractivity contribution in [2.75, 3.05) is 19.6 Å². The highest BCUT2D eigenvalue weighted by molar-refractivity contribution is 5.82. The fraction of sp³-hybridized carbons (Fsp3) is 0.846. The number of nitrogens with two attached hydrogens (primary N) is 1. The number of oxime groups is 1. The maximum atomic E-state index is 12.1. The predicted molar refractivity (Wildman–Crippen MR) is 75.1 cm³/mol. The molecule has 1 fully saturated rings. The highest BCUT2D eigenvalue weighted by Crippen LogP contribution is 2.48. The van der Waals surface area contributed by atoms with Gasteiger partial charge in [-0.15, -0.1) is 0 Å². The Morgan fingerprint density at radius 3 is 2.47 bits per heavy atom. The Labute approximate surface area is 115 Å². The molecule has 6 heteroatoms. The number of amides is 1. The Hall–Kier alpha value is -1.30. The summed E-state index contributed by atoms with van der Waals surface area (Å²) in [5, 5.41) is 14.9. The molecule has 1 atom stereocenters. The van der Waals surface area contributed by atoms with Gasteiger partial charge in [0.15, 0.2) is 0 Å². The van der Waals surface area contributed by atoms with Crippen LogP contribution in [0, 0.1) is 5.41 Å². The van der Waals surface area contributed by atoms with Gasteiger partial charge < -0.3 is 21.2 Å². The summed E-state index contributed by atoms with van der Waals surface area (Å²) in [6.07, 6.45) is 2.70. The maximum Gasteiger partial charge on any atom is 0.239 e. The first-order valence-electron chi connectivity index (χ1n) is 6.96. The van der Waals surface area contributed by atoms with Gasteiger partial charge in [0.05, 0.1) is 6.04 Å². The monoisotopic (exact) mass is 270 g/mol. The summed E-state index contributed by atoms with van der Waals surface area (Å²) in [6.45, 7) is 8.05. The van der Waals surface area contributed by atoms with Crippen molar-refractivity contribution in [3.05, 3.63) is 0 Å². The minimum atomic E-state index is -0.190. The molecule has 0 bridgehead atoms. The van der Waals surface area contributed by atoms with Gasteiger partial charge in [-0.3, -0.25) is 4.79 Å². The van der Waals surface area contributed by atoms with Crippen LogP contribution in [0.4, 0.5) is 0 Å². The summed E-state index contributed by atoms with van der Waals surface area (Å²) in [5.41, 5.74) is 5.63. The van der Waals surface area contributed by atoms with Crippen LogP contribution in [0.1, 0.15) is 40.0 Å². The van der Waals surface area contributed by atoms with E-state index in [4.69, 9.17) is 10.9 Å². The van der Waals surface area contributed by atoms with Crippen molar-refractivity contribution in [2.45, 2.75) is 46.1 Å². The molecular weight excluding hydrogens is 244 g/mol. The van der Waals surface area contributed by atoms with Crippen molar-refractivity contribution < 1.29 is 10.0 Å². The van der Waals surface area contributed by atoms with Gasteiger partial charge >= 0.3 is 0 Å². The molecule has 6 nitrogen and oxygen atoms in total. The second kappa shape index (κ2) is 6.75. The zero-order chi connectivity index (χ0) is 14.5. The molecule has 1 amide bonds. The van der Waals surface area contributed by atoms with E-state index in [1.165, 1.54) is 0 Å². The number of likely N-dealkylation sites (N-methyl/N-ethyl adjacent to an activating group) is 1. The maximum absolute atomic E-state index is 12.1. The zero-order valence-corrected chi connectivity index (χ0v) is 12.1. The van der Waals surface area contributed by atoms with Crippen LogP contribution in [0.25, 0.3) is 0 Å². The summed E-state index contributed by atoms with van der Waals surface area (Å²) >= 11 is 0. The quantitative estimate of drug-likeness (QED) is 0.263. The van der Waals surface area contributed by atoms with E-state index in [9.17, 15) is 4.79 Å². The number of hydrogen-bond donors (Lipinski definition) is 3. The van der Waals surface area contributed by atoms with Crippen molar-refractivity contribution in [2.24, 2.45) is 16.3 Å². The molecule has 4 N–H and O–H groups in total. The van der Waals surface area contributed by atoms with Gasteiger partial charge in [-0.1, -0.05) is 5.16 Å². The van der Waals surface area contributed by atoms with Gasteiger partial charge in [0, 0.05) is 26.1 Å². The fourth-order valence-electron chi connectivity index (χ4n) is 2.28. The molecule has 0 aromatic rings. The van der Waals surface area contributed by atoms with Crippen molar-refractivity contribution in [1.82, 2.24) is 10.2 Å². The van der Waals surface area contributed by atoms with Gasteiger partial charge in [-0.2, -0.15) is 0 Å². The van der Waals surface area contributed by atoms with Gasteiger partial charge in [-0.05, 0) is 39.0 Å². The van der Waals surface area contributed by atoms with Crippen LogP contribution >= 0.6 is 0 Å². The lowest BCUT2D eigenvalue weighted by Gasteiger charge is -2.25. The molecule has 0 spiro atoms. The third kappa shape index (κ3) is 4.38. The molecular formula is C13H26N4O2. The first-order valence-corrected chi connectivity index (χ1v) is 6.96. The topological polar surface area (TPSA) is 91.0 Å². The summed E-state index contributed by atoms with van der Waals surface area (Å²) < 4.78 is 0. The van der Waals surface area contributed by atoms with E-state index in [1.807, 2.05) is 25.7 Å². The predicted octanol–water partition coefficient (Wildman–Crippen LogP) is 0.750. The minimum Gasteiger partial charge on any atom is -0.409 e. The van der Waals surface area contributed by atoms with Crippen molar-refractivity contribution >= 4 is 11.7 Å². The molecule has 110 valence electrons. The number of nitrogens with one attached hydrogen (secondary N) is 1. The highest BCUT2D eigenvalue weighted by Gasteiger charge is 2.43. The number of hydrogen-bond acceptors (Lipinski definition) is 4. The van der Waals surface area contributed by atoms with E-state index in [1.54, 1.807) is 0 Å². The van der Waals surface area contributed by atoms with Gasteiger partial charge in [0.2, 0.25) is 5.91 Å². The average Bonchev–Trinajstić information content (AvgIpc) is 3.17. The lowest BCUT2D eigenvalue weighted by atomic mass is 10.0. The Kier molecular flexibility index (Phi) is 5.60. The van der Waals surface area contributed by atoms with E-state index < -0.39 is 0 Å². The fourth-order valence-corrected chi connectivity index (χ4v) is 2.28. The number of rotatable bonds is 8. The normalized spacial score (nSPS) is 19.0. The second-order valence-electron chi connectivity index (χ2n) is 5.38. The van der Waals surface area contributed by atoms with Crippen molar-refractivity contribution in [3.8, 4) is 0 Å². The lowest BCUT2D eigenvalue weighted by molar-refractivity contribution is -0.132. The van der Waals surface area contributed by atoms with Crippen molar-refractivity contribution in [1.29, 1.82) is 0 Å². The minimum absolute atomic E-state index is 0.0775. The first kappa shape index (κ1) is 15.8. The molecule has 1 saturated carbocycles. The molecule has 0 heterocycles. The van der Waals surface area contributed by atoms with Crippen molar-refractivity contribution in [3.63, 3.8) is 0 Å². The van der Waals surface area contributed by atoms with E-state index in [0.29, 0.717) is 6.42 Å². The van der Waals surface area contributed by atoms with Gasteiger partial charge in [-0.25, -0.2) is 0 Å². The molecule has 1 rings (SSSR count). The summed E-state index contributed by atoms with van der Waals surface area (Å²) in [5.74, 6) is 0.395. The molecule has 0 saturated heterocycles. The average molecular weight is 270 g/mol. The van der Waals surface area contributed by atoms with E-state index in [2.05, 4.69) is 10.5 Å². The van der Waals surface area contributed by atoms with Crippen LogP contribution in [-0.4, -0.2) is 47.5 Å². The van der Waals surface area contributed by atoms with E-state index in [-0.39, 0.29) is 23.2 Å². The van der Waals surface area contributed by atoms with Crippen LogP contribution in [0.5, 0.6) is 0 Å². The summed E-state index contributed by atoms with van der Waals surface area (Å²) in [6, 6.07) is -0.190. The molecule has 0 aromatic heterocycles. The standard InChI is InChI=1S/C13H26N4O2/c1-4-17(5-2)12(18)10(3)15-9-13(6-7-13)8-11(14)16-19/h10,15,19H,4-9H2,1-3H3,(H2,14,16). The van der Waals surface area contributed by atoms with Gasteiger partial charge in [0.25, 0.3) is 0 Å². The Morgan fingerprint density at radius 2 is 2.05 bits per heavy atom. The van der Waals surface area contributed by atoms with Crippen LogP contribution in [0.2, 0.25) is 0 Å². The number of carbonyl (C=O) groups excluding carboxylic acids is 1. The highest BCUT2D eigenvalue weighted by atomic mass is 16.4. The third-order valence-electron chi connectivity index (χ3n) is 3.87. The number of nitrogens with zero attached hydrogens (tertiary/aromatic N) is 2. The van der Waals surface area contributed by atoms with Crippen LogP contribution in [0.15, 0.2) is 5.16 Å². The van der Waals surface area contributed by atoms with E-state index >= 15 is 0 Å². The molecule has 1 aliphatic rings. The molecule has 19 heavy (non-hydrogen) atoms. The van der Waals surface area contributed by atoms with Crippen LogP contribution < -0.4 is 11.1 Å². The molecule has 0 radical (unpaired) electrons. The van der Waals surface area contributed by atoms with Gasteiger partial charge in [0.1, 0.15) is 5.84 Å². The van der Waals surface area contributed by atoms with Crippen LogP contribution in [0.3, 0.4) is 0 Å². The Morgan fingerprint density at radius 1 is 1.47 bits per heavy atom. The smallest absolute Gasteiger partial charge is 0.239 e. The third-order valence-corrected chi connectivity index (χ3v) is 3.87. The lowest BCUT2D eigenvalue weighted by Crippen LogP contribution is -2.46.